The molecule has 0 radical (unpaired) electrons. The molecule has 0 saturated carbocycles. The van der Waals surface area contributed by atoms with E-state index in [9.17, 15) is 13.2 Å². The highest BCUT2D eigenvalue weighted by Crippen LogP contribution is 2.31. The van der Waals surface area contributed by atoms with E-state index in [-0.39, 0.29) is 19.3 Å². The fourth-order valence-electron chi connectivity index (χ4n) is 1.78. The first-order chi connectivity index (χ1) is 9.83. The van der Waals surface area contributed by atoms with Gasteiger partial charge in [-0.25, -0.2) is 0 Å². The summed E-state index contributed by atoms with van der Waals surface area (Å²) in [4.78, 5) is 0. The minimum absolute atomic E-state index is 0.00239. The summed E-state index contributed by atoms with van der Waals surface area (Å²) in [6.45, 7) is 0.419. The first kappa shape index (κ1) is 17.6. The van der Waals surface area contributed by atoms with Gasteiger partial charge >= 0.3 is 6.18 Å². The summed E-state index contributed by atoms with van der Waals surface area (Å²) in [5.41, 5.74) is 6.61. The number of hydrogen-bond donors (Lipinski definition) is 1. The van der Waals surface area contributed by atoms with Crippen molar-refractivity contribution in [2.45, 2.75) is 25.6 Å². The van der Waals surface area contributed by atoms with Gasteiger partial charge < -0.3 is 19.9 Å². The Hall–Kier alpha value is -1.47. The topological polar surface area (TPSA) is 53.7 Å². The van der Waals surface area contributed by atoms with Gasteiger partial charge in [0.2, 0.25) is 0 Å². The highest BCUT2D eigenvalue weighted by molar-refractivity contribution is 5.47. The second-order valence-corrected chi connectivity index (χ2v) is 4.65. The molecule has 0 bridgehead atoms. The van der Waals surface area contributed by atoms with Gasteiger partial charge in [-0.3, -0.25) is 0 Å². The number of para-hydroxylation sites is 1. The molecule has 1 rings (SSSR count). The Balaban J connectivity index is 2.59. The summed E-state index contributed by atoms with van der Waals surface area (Å²) in [7, 11) is 1.50. The van der Waals surface area contributed by atoms with E-state index >= 15 is 0 Å². The molecule has 0 aliphatic carbocycles. The number of ether oxygens (including phenoxy) is 3. The number of halogens is 3. The second kappa shape index (κ2) is 8.09. The van der Waals surface area contributed by atoms with Crippen LogP contribution in [-0.4, -0.2) is 39.1 Å². The molecular formula is C14H20F3NO3. The van der Waals surface area contributed by atoms with Gasteiger partial charge in [0, 0.05) is 6.04 Å². The number of nitrogens with two attached hydrogens (primary N) is 1. The minimum Gasteiger partial charge on any atom is -0.493 e. The Morgan fingerprint density at radius 2 is 1.95 bits per heavy atom. The lowest BCUT2D eigenvalue weighted by molar-refractivity contribution is -0.175. The van der Waals surface area contributed by atoms with Gasteiger partial charge in [0.15, 0.2) is 11.5 Å². The monoisotopic (exact) mass is 307 g/mol. The normalized spacial score (nSPS) is 13.0. The fourth-order valence-corrected chi connectivity index (χ4v) is 1.78. The van der Waals surface area contributed by atoms with Crippen LogP contribution in [0.1, 0.15) is 12.5 Å². The molecule has 1 atom stereocenters. The summed E-state index contributed by atoms with van der Waals surface area (Å²) in [5.74, 6) is 1.01. The predicted molar refractivity (Wildman–Crippen MR) is 72.7 cm³/mol. The molecule has 0 heterocycles. The van der Waals surface area contributed by atoms with Crippen LogP contribution >= 0.6 is 0 Å². The predicted octanol–water partition coefficient (Wildman–Crippen LogP) is 2.54. The first-order valence-corrected chi connectivity index (χ1v) is 6.52. The molecule has 0 saturated heterocycles. The van der Waals surface area contributed by atoms with Crippen molar-refractivity contribution in [2.24, 2.45) is 5.73 Å². The maximum absolute atomic E-state index is 11.9. The van der Waals surface area contributed by atoms with Crippen molar-refractivity contribution in [3.8, 4) is 11.5 Å². The molecule has 0 amide bonds. The van der Waals surface area contributed by atoms with Crippen molar-refractivity contribution in [1.29, 1.82) is 0 Å². The molecule has 0 spiro atoms. The third-order valence-electron chi connectivity index (χ3n) is 2.56. The SMILES string of the molecule is COc1cccc(CC(C)N)c1OCCOCC(F)(F)F. The lowest BCUT2D eigenvalue weighted by atomic mass is 10.1. The molecule has 120 valence electrons. The van der Waals surface area contributed by atoms with E-state index in [1.807, 2.05) is 19.1 Å². The van der Waals surface area contributed by atoms with E-state index in [1.54, 1.807) is 6.07 Å². The van der Waals surface area contributed by atoms with Gasteiger partial charge in [-0.15, -0.1) is 0 Å². The highest BCUT2D eigenvalue weighted by atomic mass is 19.4. The van der Waals surface area contributed by atoms with Crippen LogP contribution < -0.4 is 15.2 Å². The van der Waals surface area contributed by atoms with Crippen LogP contribution in [0.4, 0.5) is 13.2 Å². The summed E-state index contributed by atoms with van der Waals surface area (Å²) in [6.07, 6.45) is -3.75. The van der Waals surface area contributed by atoms with E-state index < -0.39 is 12.8 Å². The quantitative estimate of drug-likeness (QED) is 0.750. The van der Waals surface area contributed by atoms with E-state index in [0.29, 0.717) is 17.9 Å². The zero-order valence-electron chi connectivity index (χ0n) is 12.1. The van der Waals surface area contributed by atoms with Crippen molar-refractivity contribution in [3.63, 3.8) is 0 Å². The zero-order valence-corrected chi connectivity index (χ0v) is 12.1. The smallest absolute Gasteiger partial charge is 0.411 e. The number of rotatable bonds is 8. The van der Waals surface area contributed by atoms with Crippen LogP contribution in [0, 0.1) is 0 Å². The zero-order chi connectivity index (χ0) is 15.9. The molecule has 2 N–H and O–H groups in total. The van der Waals surface area contributed by atoms with Crippen LogP contribution in [0.25, 0.3) is 0 Å². The van der Waals surface area contributed by atoms with Crippen molar-refractivity contribution >= 4 is 0 Å². The van der Waals surface area contributed by atoms with Crippen LogP contribution in [-0.2, 0) is 11.2 Å². The van der Waals surface area contributed by atoms with Gasteiger partial charge in [0.1, 0.15) is 13.2 Å². The summed E-state index contributed by atoms with van der Waals surface area (Å²) in [6, 6.07) is 5.30. The van der Waals surface area contributed by atoms with Crippen LogP contribution in [0.5, 0.6) is 11.5 Å². The Kier molecular flexibility index (Phi) is 6.77. The fraction of sp³-hybridized carbons (Fsp3) is 0.571. The molecule has 0 aliphatic rings. The van der Waals surface area contributed by atoms with Gasteiger partial charge in [0.05, 0.1) is 13.7 Å². The summed E-state index contributed by atoms with van der Waals surface area (Å²) < 4.78 is 51.0. The van der Waals surface area contributed by atoms with Crippen LogP contribution in [0.15, 0.2) is 18.2 Å². The maximum Gasteiger partial charge on any atom is 0.411 e. The number of alkyl halides is 3. The van der Waals surface area contributed by atoms with Gasteiger partial charge in [-0.2, -0.15) is 13.2 Å². The third kappa shape index (κ3) is 6.68. The van der Waals surface area contributed by atoms with Gasteiger partial charge in [0.25, 0.3) is 0 Å². The molecule has 1 aromatic carbocycles. The standard InChI is InChI=1S/C14H20F3NO3/c1-10(18)8-11-4-3-5-12(19-2)13(11)21-7-6-20-9-14(15,16)17/h3-5,10H,6-9,18H2,1-2H3. The molecule has 0 aromatic heterocycles. The third-order valence-corrected chi connectivity index (χ3v) is 2.56. The summed E-state index contributed by atoms with van der Waals surface area (Å²) in [5, 5.41) is 0. The Morgan fingerprint density at radius 3 is 2.52 bits per heavy atom. The first-order valence-electron chi connectivity index (χ1n) is 6.52. The van der Waals surface area contributed by atoms with E-state index in [2.05, 4.69) is 4.74 Å². The number of methoxy groups -OCH3 is 1. The van der Waals surface area contributed by atoms with Crippen molar-refractivity contribution in [1.82, 2.24) is 0 Å². The van der Waals surface area contributed by atoms with Gasteiger partial charge in [-0.05, 0) is 25.0 Å². The van der Waals surface area contributed by atoms with E-state index in [4.69, 9.17) is 15.2 Å². The molecule has 0 fully saturated rings. The van der Waals surface area contributed by atoms with E-state index in [0.717, 1.165) is 5.56 Å². The van der Waals surface area contributed by atoms with Crippen LogP contribution in [0.2, 0.25) is 0 Å². The van der Waals surface area contributed by atoms with Crippen molar-refractivity contribution in [2.75, 3.05) is 26.9 Å². The minimum atomic E-state index is -4.33. The Labute approximate surface area is 122 Å². The van der Waals surface area contributed by atoms with Crippen LogP contribution in [0.3, 0.4) is 0 Å². The maximum atomic E-state index is 11.9. The van der Waals surface area contributed by atoms with Crippen molar-refractivity contribution in [3.05, 3.63) is 23.8 Å². The highest BCUT2D eigenvalue weighted by Gasteiger charge is 2.27. The second-order valence-electron chi connectivity index (χ2n) is 4.65. The number of benzene rings is 1. The molecule has 1 unspecified atom stereocenters. The Morgan fingerprint density at radius 1 is 1.24 bits per heavy atom. The van der Waals surface area contributed by atoms with E-state index in [1.165, 1.54) is 7.11 Å². The number of hydrogen-bond acceptors (Lipinski definition) is 4. The summed E-state index contributed by atoms with van der Waals surface area (Å²) >= 11 is 0. The molecule has 7 heteroatoms. The largest absolute Gasteiger partial charge is 0.493 e. The van der Waals surface area contributed by atoms with Gasteiger partial charge in [-0.1, -0.05) is 12.1 Å². The average Bonchev–Trinajstić information content (AvgIpc) is 2.37. The molecule has 0 aliphatic heterocycles. The Bertz CT molecular complexity index is 436. The molecule has 4 nitrogen and oxygen atoms in total. The lowest BCUT2D eigenvalue weighted by Crippen LogP contribution is -2.20. The molecule has 21 heavy (non-hydrogen) atoms. The average molecular weight is 307 g/mol. The lowest BCUT2D eigenvalue weighted by Gasteiger charge is -2.16. The molecule has 1 aromatic rings. The molecular weight excluding hydrogens is 287 g/mol. The van der Waals surface area contributed by atoms with Crippen molar-refractivity contribution < 1.29 is 27.4 Å².